The molecular weight excluding hydrogens is 307 g/mol. The second-order valence-electron chi connectivity index (χ2n) is 3.92. The Morgan fingerprint density at radius 2 is 2.05 bits per heavy atom. The lowest BCUT2D eigenvalue weighted by Gasteiger charge is -2.11. The van der Waals surface area contributed by atoms with Crippen molar-refractivity contribution in [1.82, 2.24) is 0 Å². The highest BCUT2D eigenvalue weighted by Gasteiger charge is 2.34. The van der Waals surface area contributed by atoms with Crippen LogP contribution in [0.1, 0.15) is 18.1 Å². The van der Waals surface area contributed by atoms with E-state index in [0.29, 0.717) is 6.07 Å². The number of halogens is 3. The molecule has 0 saturated heterocycles. The molecule has 0 aliphatic carbocycles. The zero-order valence-electron chi connectivity index (χ0n) is 11.0. The smallest absolute Gasteiger partial charge is 0.321 e. The molecule has 1 N–H and O–H groups in total. The molecule has 1 aromatic carbocycles. The summed E-state index contributed by atoms with van der Waals surface area (Å²) in [7, 11) is -1.59. The van der Waals surface area contributed by atoms with E-state index in [2.05, 4.69) is 9.71 Å². The summed E-state index contributed by atoms with van der Waals surface area (Å²) in [5.41, 5.74) is -1.95. The Bertz CT molecular complexity index is 663. The summed E-state index contributed by atoms with van der Waals surface area (Å²) in [6.45, 7) is 1.28. The van der Waals surface area contributed by atoms with Gasteiger partial charge in [-0.05, 0) is 25.1 Å². The van der Waals surface area contributed by atoms with Crippen molar-refractivity contribution in [1.29, 1.82) is 5.26 Å². The molecule has 0 radical (unpaired) electrons. The van der Waals surface area contributed by atoms with Gasteiger partial charge in [0.05, 0.1) is 17.2 Å². The third kappa shape index (κ3) is 4.68. The summed E-state index contributed by atoms with van der Waals surface area (Å²) in [6.07, 6.45) is -3.46. The average molecular weight is 317 g/mol. The van der Waals surface area contributed by atoms with Crippen molar-refractivity contribution in [3.05, 3.63) is 29.3 Å². The Labute approximate surface area is 121 Å². The average Bonchev–Trinajstić information content (AvgIpc) is 2.36. The van der Waals surface area contributed by atoms with Gasteiger partial charge in [-0.25, -0.2) is 4.21 Å². The van der Waals surface area contributed by atoms with Crippen molar-refractivity contribution in [2.45, 2.75) is 13.1 Å². The van der Waals surface area contributed by atoms with E-state index in [1.54, 1.807) is 0 Å². The molecule has 0 bridgehead atoms. The van der Waals surface area contributed by atoms with Gasteiger partial charge in [0, 0.05) is 11.9 Å². The fourth-order valence-electron chi connectivity index (χ4n) is 1.41. The Hall–Kier alpha value is -2.21. The molecule has 0 aromatic heterocycles. The van der Waals surface area contributed by atoms with Crippen LogP contribution in [0.25, 0.3) is 0 Å². The predicted molar refractivity (Wildman–Crippen MR) is 72.0 cm³/mol. The molecule has 5 nitrogen and oxygen atoms in total. The molecule has 0 saturated carbocycles. The van der Waals surface area contributed by atoms with Crippen molar-refractivity contribution in [2.24, 2.45) is 4.40 Å². The Kier molecular flexibility index (Phi) is 5.21. The molecule has 0 aliphatic heterocycles. The van der Waals surface area contributed by atoms with Gasteiger partial charge >= 0.3 is 6.18 Å². The van der Waals surface area contributed by atoms with E-state index < -0.39 is 34.2 Å². The fourth-order valence-corrected chi connectivity index (χ4v) is 1.88. The molecule has 21 heavy (non-hydrogen) atoms. The zero-order chi connectivity index (χ0) is 16.2. The molecule has 1 atom stereocenters. The molecule has 112 valence electrons. The first kappa shape index (κ1) is 16.8. The van der Waals surface area contributed by atoms with Crippen LogP contribution in [0.4, 0.5) is 18.9 Å². The number of rotatable bonds is 3. The van der Waals surface area contributed by atoms with E-state index in [1.807, 2.05) is 0 Å². The Morgan fingerprint density at radius 1 is 1.43 bits per heavy atom. The summed E-state index contributed by atoms with van der Waals surface area (Å²) in [5, 5.41) is 10.8. The van der Waals surface area contributed by atoms with Crippen LogP contribution in [0.3, 0.4) is 0 Å². The lowest BCUT2D eigenvalue weighted by atomic mass is 10.1. The van der Waals surface area contributed by atoms with Crippen LogP contribution in [-0.4, -0.2) is 22.1 Å². The number of hydrogen-bond donors (Lipinski definition) is 1. The first-order valence-corrected chi connectivity index (χ1v) is 6.98. The van der Waals surface area contributed by atoms with Crippen LogP contribution in [-0.2, 0) is 22.0 Å². The van der Waals surface area contributed by atoms with Crippen LogP contribution in [0.5, 0.6) is 0 Å². The topological polar surface area (TPSA) is 82.3 Å². The number of anilines is 1. The van der Waals surface area contributed by atoms with E-state index in [-0.39, 0.29) is 11.4 Å². The minimum Gasteiger partial charge on any atom is -0.321 e. The first-order valence-electron chi connectivity index (χ1n) is 5.46. The summed E-state index contributed by atoms with van der Waals surface area (Å²) in [5.74, 6) is -0.775. The van der Waals surface area contributed by atoms with E-state index in [0.717, 1.165) is 6.07 Å². The number of alkyl halides is 3. The second-order valence-corrected chi connectivity index (χ2v) is 4.95. The van der Waals surface area contributed by atoms with Gasteiger partial charge in [0.1, 0.15) is 16.7 Å². The normalized spacial score (nSPS) is 13.4. The Balaban J connectivity index is 3.10. The van der Waals surface area contributed by atoms with Gasteiger partial charge in [-0.2, -0.15) is 22.8 Å². The van der Waals surface area contributed by atoms with Crippen LogP contribution in [0, 0.1) is 11.3 Å². The standard InChI is InChI=1S/C12H10F3N3O2S/c1-7(18-21(2)20)11(19)17-9-4-3-8(6-16)10(5-9)12(13,14)15/h3-5H,1-2H3,(H,17,19)/b18-7+. The fraction of sp³-hybridized carbons (Fsp3) is 0.250. The predicted octanol–water partition coefficient (Wildman–Crippen LogP) is 2.27. The molecule has 9 heteroatoms. The molecule has 0 heterocycles. The highest BCUT2D eigenvalue weighted by atomic mass is 32.2. The van der Waals surface area contributed by atoms with E-state index in [4.69, 9.17) is 5.26 Å². The van der Waals surface area contributed by atoms with Crippen molar-refractivity contribution in [2.75, 3.05) is 11.6 Å². The largest absolute Gasteiger partial charge is 0.417 e. The van der Waals surface area contributed by atoms with Crippen LogP contribution in [0.2, 0.25) is 0 Å². The van der Waals surface area contributed by atoms with Crippen LogP contribution < -0.4 is 5.32 Å². The number of hydrogen-bond acceptors (Lipinski definition) is 3. The van der Waals surface area contributed by atoms with Crippen molar-refractivity contribution < 1.29 is 22.2 Å². The number of nitrogens with one attached hydrogen (secondary N) is 1. The quantitative estimate of drug-likeness (QED) is 0.868. The molecule has 0 spiro atoms. The molecule has 1 rings (SSSR count). The van der Waals surface area contributed by atoms with Gasteiger partial charge in [-0.1, -0.05) is 0 Å². The highest BCUT2D eigenvalue weighted by Crippen LogP contribution is 2.33. The van der Waals surface area contributed by atoms with Crippen LogP contribution in [0.15, 0.2) is 22.6 Å². The SMILES string of the molecule is C/C(=N\S(C)=O)C(=O)Nc1ccc(C#N)c(C(F)(F)F)c1. The number of carbonyl (C=O) groups is 1. The molecule has 1 aromatic rings. The number of amides is 1. The lowest BCUT2D eigenvalue weighted by molar-refractivity contribution is -0.137. The van der Waals surface area contributed by atoms with Crippen molar-refractivity contribution in [3.63, 3.8) is 0 Å². The highest BCUT2D eigenvalue weighted by molar-refractivity contribution is 7.83. The van der Waals surface area contributed by atoms with Crippen molar-refractivity contribution >= 4 is 28.3 Å². The number of nitrogens with zero attached hydrogens (tertiary/aromatic N) is 2. The maximum atomic E-state index is 12.8. The number of benzene rings is 1. The van der Waals surface area contributed by atoms with E-state index in [1.165, 1.54) is 25.3 Å². The summed E-state index contributed by atoms with van der Waals surface area (Å²) in [6, 6.07) is 4.22. The Morgan fingerprint density at radius 3 is 2.52 bits per heavy atom. The van der Waals surface area contributed by atoms with Crippen molar-refractivity contribution in [3.8, 4) is 6.07 Å². The third-order valence-electron chi connectivity index (χ3n) is 2.30. The summed E-state index contributed by atoms with van der Waals surface area (Å²) in [4.78, 5) is 11.6. The van der Waals surface area contributed by atoms with Gasteiger partial charge in [0.25, 0.3) is 5.91 Å². The van der Waals surface area contributed by atoms with E-state index in [9.17, 15) is 22.2 Å². The van der Waals surface area contributed by atoms with Crippen LogP contribution >= 0.6 is 0 Å². The molecule has 0 aliphatic rings. The van der Waals surface area contributed by atoms with Gasteiger partial charge in [0.15, 0.2) is 0 Å². The second kappa shape index (κ2) is 6.49. The summed E-state index contributed by atoms with van der Waals surface area (Å²) >= 11 is 0. The minimum absolute atomic E-state index is 0.131. The van der Waals surface area contributed by atoms with E-state index >= 15 is 0 Å². The molecule has 1 amide bonds. The summed E-state index contributed by atoms with van der Waals surface area (Å²) < 4.78 is 52.6. The van der Waals surface area contributed by atoms with Gasteiger partial charge < -0.3 is 5.32 Å². The van der Waals surface area contributed by atoms with Gasteiger partial charge in [-0.3, -0.25) is 4.79 Å². The first-order chi connectivity index (χ1) is 9.65. The zero-order valence-corrected chi connectivity index (χ0v) is 11.8. The van der Waals surface area contributed by atoms with Gasteiger partial charge in [0.2, 0.25) is 0 Å². The molecule has 1 unspecified atom stereocenters. The monoisotopic (exact) mass is 317 g/mol. The maximum Gasteiger partial charge on any atom is 0.417 e. The molecular formula is C12H10F3N3O2S. The third-order valence-corrected chi connectivity index (χ3v) is 2.83. The number of nitriles is 1. The number of carbonyl (C=O) groups excluding carboxylic acids is 1. The maximum absolute atomic E-state index is 12.8. The minimum atomic E-state index is -4.71. The van der Waals surface area contributed by atoms with Gasteiger partial charge in [-0.15, -0.1) is 0 Å². The molecule has 0 fully saturated rings. The lowest BCUT2D eigenvalue weighted by Crippen LogP contribution is -2.21.